The van der Waals surface area contributed by atoms with Crippen LogP contribution in [0.5, 0.6) is 0 Å². The van der Waals surface area contributed by atoms with Crippen molar-refractivity contribution in [1.29, 1.82) is 0 Å². The third-order valence-corrected chi connectivity index (χ3v) is 3.97. The quantitative estimate of drug-likeness (QED) is 0.620. The maximum atomic E-state index is 9.65. The van der Waals surface area contributed by atoms with Crippen LogP contribution >= 0.6 is 41.3 Å². The van der Waals surface area contributed by atoms with Crippen molar-refractivity contribution in [3.8, 4) is 0 Å². The van der Waals surface area contributed by atoms with Gasteiger partial charge in [0, 0.05) is 6.16 Å². The first-order valence-electron chi connectivity index (χ1n) is 4.15. The first-order chi connectivity index (χ1) is 6.12. The second kappa shape index (κ2) is 6.24. The molecule has 1 atom stereocenters. The molecule has 0 spiro atoms. The number of halogens is 3. The lowest BCUT2D eigenvalue weighted by molar-refractivity contribution is 0.312. The third-order valence-electron chi connectivity index (χ3n) is 1.42. The Morgan fingerprint density at radius 1 is 1.43 bits per heavy atom. The van der Waals surface area contributed by atoms with Gasteiger partial charge in [0.2, 0.25) is 3.79 Å². The number of rotatable bonds is 5. The topological polar surface area (TPSA) is 29.5 Å². The second-order valence-corrected chi connectivity index (χ2v) is 9.64. The molecule has 1 N–H and O–H groups in total. The van der Waals surface area contributed by atoms with E-state index in [1.54, 1.807) is 0 Å². The minimum Gasteiger partial charge on any atom is -0.345 e. The minimum atomic E-state index is -2.76. The maximum Gasteiger partial charge on any atom is 0.213 e. The molecule has 0 aromatic heterocycles. The van der Waals surface area contributed by atoms with Crippen LogP contribution in [0.3, 0.4) is 0 Å². The lowest BCUT2D eigenvalue weighted by Crippen LogP contribution is -2.12. The van der Waals surface area contributed by atoms with Crippen LogP contribution in [0.1, 0.15) is 20.3 Å². The van der Waals surface area contributed by atoms with E-state index >= 15 is 0 Å². The molecule has 0 aromatic rings. The molecule has 0 aliphatic rings. The van der Waals surface area contributed by atoms with Crippen LogP contribution in [0, 0.1) is 5.92 Å². The predicted octanol–water partition coefficient (Wildman–Crippen LogP) is 3.72. The summed E-state index contributed by atoms with van der Waals surface area (Å²) in [6, 6.07) is 0. The van der Waals surface area contributed by atoms with Gasteiger partial charge in [-0.3, -0.25) is 0 Å². The first-order valence-corrected chi connectivity index (χ1v) is 8.15. The molecule has 2 nitrogen and oxygen atoms in total. The molecule has 0 rings (SSSR count). The van der Waals surface area contributed by atoms with E-state index in [2.05, 4.69) is 0 Å². The number of hydrogen-bond donors (Lipinski definition) is 1. The van der Waals surface area contributed by atoms with E-state index < -0.39 is 10.3 Å². The van der Waals surface area contributed by atoms with Gasteiger partial charge in [0.15, 0.2) is 6.49 Å². The van der Waals surface area contributed by atoms with Gasteiger partial charge in [-0.05, 0) is 24.1 Å². The zero-order valence-electron chi connectivity index (χ0n) is 8.04. The van der Waals surface area contributed by atoms with E-state index in [1.165, 1.54) is 0 Å². The van der Waals surface area contributed by atoms with Crippen molar-refractivity contribution in [2.45, 2.75) is 24.1 Å². The molecule has 0 aliphatic carbocycles. The lowest BCUT2D eigenvalue weighted by Gasteiger charge is -2.19. The fraction of sp³-hybridized carbons (Fsp3) is 1.00. The molecule has 0 bridgehead atoms. The molecular formula is C7H14Cl3O2PS. The Balaban J connectivity index is 3.90. The fourth-order valence-electron chi connectivity index (χ4n) is 0.660. The van der Waals surface area contributed by atoms with Crippen LogP contribution in [-0.4, -0.2) is 21.5 Å². The van der Waals surface area contributed by atoms with Crippen molar-refractivity contribution in [3.05, 3.63) is 0 Å². The SMILES string of the molecule is CC(C)CCP(O)(=S)OCC(Cl)(Cl)Cl. The fourth-order valence-corrected chi connectivity index (χ4v) is 2.89. The highest BCUT2D eigenvalue weighted by atomic mass is 35.6. The van der Waals surface area contributed by atoms with Crippen LogP contribution < -0.4 is 0 Å². The van der Waals surface area contributed by atoms with Gasteiger partial charge in [0.05, 0.1) is 0 Å². The summed E-state index contributed by atoms with van der Waals surface area (Å²) < 4.78 is 3.52. The maximum absolute atomic E-state index is 9.65. The zero-order valence-corrected chi connectivity index (χ0v) is 12.0. The molecule has 7 heteroatoms. The summed E-state index contributed by atoms with van der Waals surface area (Å²) in [6.07, 6.45) is 1.27. The normalized spacial score (nSPS) is 17.1. The molecule has 0 aromatic carbocycles. The monoisotopic (exact) mass is 298 g/mol. The van der Waals surface area contributed by atoms with Crippen molar-refractivity contribution >= 4 is 53.1 Å². The summed E-state index contributed by atoms with van der Waals surface area (Å²) >= 11 is 21.3. The molecule has 0 saturated heterocycles. The highest BCUT2D eigenvalue weighted by molar-refractivity contribution is 8.09. The number of alkyl halides is 3. The van der Waals surface area contributed by atoms with Gasteiger partial charge >= 0.3 is 0 Å². The number of hydrogen-bond acceptors (Lipinski definition) is 2. The molecule has 0 saturated carbocycles. The molecular weight excluding hydrogens is 285 g/mol. The van der Waals surface area contributed by atoms with E-state index in [0.717, 1.165) is 6.42 Å². The molecule has 86 valence electrons. The molecule has 0 aliphatic heterocycles. The largest absolute Gasteiger partial charge is 0.345 e. The average molecular weight is 300 g/mol. The van der Waals surface area contributed by atoms with Gasteiger partial charge < -0.3 is 9.42 Å². The summed E-state index contributed by atoms with van der Waals surface area (Å²) in [6.45, 7) is 1.17. The minimum absolute atomic E-state index is 0.163. The average Bonchev–Trinajstić information content (AvgIpc) is 1.97. The molecule has 0 radical (unpaired) electrons. The van der Waals surface area contributed by atoms with Crippen LogP contribution in [0.15, 0.2) is 0 Å². The highest BCUT2D eigenvalue weighted by Crippen LogP contribution is 2.45. The van der Waals surface area contributed by atoms with Gasteiger partial charge in [0.1, 0.15) is 6.61 Å². The summed E-state index contributed by atoms with van der Waals surface area (Å²) in [5.74, 6) is 0.473. The Labute approximate surface area is 105 Å². The third kappa shape index (κ3) is 9.97. The first kappa shape index (κ1) is 15.4. The summed E-state index contributed by atoms with van der Waals surface area (Å²) in [5.41, 5.74) is 0. The smallest absolute Gasteiger partial charge is 0.213 e. The molecule has 1 unspecified atom stereocenters. The Hall–Kier alpha value is 1.44. The second-order valence-electron chi connectivity index (χ2n) is 3.43. The van der Waals surface area contributed by atoms with Gasteiger partial charge in [-0.2, -0.15) is 0 Å². The molecule has 14 heavy (non-hydrogen) atoms. The van der Waals surface area contributed by atoms with Crippen LogP contribution in [-0.2, 0) is 16.3 Å². The Morgan fingerprint density at radius 2 is 1.93 bits per heavy atom. The van der Waals surface area contributed by atoms with Crippen LogP contribution in [0.2, 0.25) is 0 Å². The summed E-state index contributed by atoms with van der Waals surface area (Å²) in [5, 5.41) is 0. The van der Waals surface area contributed by atoms with Crippen LogP contribution in [0.4, 0.5) is 0 Å². The molecule has 0 heterocycles. The highest BCUT2D eigenvalue weighted by Gasteiger charge is 2.24. The Bertz CT molecular complexity index is 217. The Kier molecular flexibility index (Phi) is 6.89. The van der Waals surface area contributed by atoms with E-state index in [1.807, 2.05) is 13.8 Å². The van der Waals surface area contributed by atoms with Gasteiger partial charge in [-0.1, -0.05) is 48.7 Å². The standard InChI is InChI=1S/C7H14Cl3O2PS/c1-6(2)3-4-13(11,14)12-5-7(8,9)10/h6H,3-5H2,1-2H3,(H,11,14). The van der Waals surface area contributed by atoms with Crippen molar-refractivity contribution < 1.29 is 9.42 Å². The van der Waals surface area contributed by atoms with Gasteiger partial charge in [-0.15, -0.1) is 0 Å². The van der Waals surface area contributed by atoms with E-state index in [9.17, 15) is 4.89 Å². The van der Waals surface area contributed by atoms with Gasteiger partial charge in [0.25, 0.3) is 0 Å². The predicted molar refractivity (Wildman–Crippen MR) is 67.1 cm³/mol. The summed E-state index contributed by atoms with van der Waals surface area (Å²) in [4.78, 5) is 9.65. The van der Waals surface area contributed by atoms with Crippen molar-refractivity contribution in [1.82, 2.24) is 0 Å². The molecule has 0 amide bonds. The van der Waals surface area contributed by atoms with Crippen molar-refractivity contribution in [3.63, 3.8) is 0 Å². The van der Waals surface area contributed by atoms with Crippen LogP contribution in [0.25, 0.3) is 0 Å². The Morgan fingerprint density at radius 3 is 2.29 bits per heavy atom. The van der Waals surface area contributed by atoms with Crippen molar-refractivity contribution in [2.24, 2.45) is 5.92 Å². The van der Waals surface area contributed by atoms with Crippen molar-refractivity contribution in [2.75, 3.05) is 12.8 Å². The lowest BCUT2D eigenvalue weighted by atomic mass is 10.2. The summed E-state index contributed by atoms with van der Waals surface area (Å²) in [7, 11) is 0. The zero-order chi connectivity index (χ0) is 11.4. The van der Waals surface area contributed by atoms with E-state index in [0.29, 0.717) is 12.1 Å². The van der Waals surface area contributed by atoms with E-state index in [-0.39, 0.29) is 6.61 Å². The van der Waals surface area contributed by atoms with E-state index in [4.69, 9.17) is 51.1 Å². The molecule has 0 fully saturated rings. The van der Waals surface area contributed by atoms with Gasteiger partial charge in [-0.25, -0.2) is 0 Å².